The van der Waals surface area contributed by atoms with Crippen molar-refractivity contribution in [3.05, 3.63) is 58.6 Å². The molecule has 2 rings (SSSR count). The Bertz CT molecular complexity index is 761. The summed E-state index contributed by atoms with van der Waals surface area (Å²) in [7, 11) is 2.98. The fraction of sp³-hybridized carbons (Fsp3) is 0.263. The molecule has 0 spiro atoms. The molecule has 1 amide bonds. The van der Waals surface area contributed by atoms with Crippen molar-refractivity contribution in [2.75, 3.05) is 27.4 Å². The van der Waals surface area contributed by atoms with Crippen LogP contribution >= 0.6 is 11.6 Å². The first-order chi connectivity index (χ1) is 12.5. The first-order valence-corrected chi connectivity index (χ1v) is 8.31. The maximum Gasteiger partial charge on any atom is 0.338 e. The molecule has 0 aliphatic heterocycles. The number of halogens is 1. The number of rotatable bonds is 8. The summed E-state index contributed by atoms with van der Waals surface area (Å²) in [5.41, 5.74) is 1.33. The Morgan fingerprint density at radius 3 is 2.35 bits per heavy atom. The average molecular weight is 378 g/mol. The van der Waals surface area contributed by atoms with E-state index < -0.39 is 5.97 Å². The van der Waals surface area contributed by atoms with Crippen LogP contribution in [0.25, 0.3) is 0 Å². The van der Waals surface area contributed by atoms with Crippen LogP contribution < -0.4 is 14.8 Å². The number of benzene rings is 2. The molecule has 0 saturated heterocycles. The van der Waals surface area contributed by atoms with E-state index in [-0.39, 0.29) is 18.1 Å². The lowest BCUT2D eigenvalue weighted by molar-refractivity contribution is -0.124. The molecule has 0 heterocycles. The summed E-state index contributed by atoms with van der Waals surface area (Å²) in [5.74, 6) is -0.0649. The quantitative estimate of drug-likeness (QED) is 0.716. The molecule has 0 radical (unpaired) electrons. The Morgan fingerprint density at radius 1 is 1.00 bits per heavy atom. The van der Waals surface area contributed by atoms with E-state index in [0.717, 1.165) is 5.56 Å². The van der Waals surface area contributed by atoms with E-state index in [1.165, 1.54) is 20.3 Å². The minimum absolute atomic E-state index is 0.275. The number of ether oxygens (including phenoxy) is 3. The molecule has 6 nitrogen and oxygen atoms in total. The van der Waals surface area contributed by atoms with E-state index in [4.69, 9.17) is 25.8 Å². The molecular formula is C19H20ClNO5. The SMILES string of the molecule is COc1ccc(C(=O)OCC(=O)NCCc2ccc(Cl)cc2)cc1OC. The third-order valence-electron chi connectivity index (χ3n) is 3.60. The van der Waals surface area contributed by atoms with Gasteiger partial charge in [-0.15, -0.1) is 0 Å². The lowest BCUT2D eigenvalue weighted by Gasteiger charge is -2.10. The van der Waals surface area contributed by atoms with Gasteiger partial charge in [-0.05, 0) is 42.3 Å². The predicted molar refractivity (Wildman–Crippen MR) is 98.0 cm³/mol. The van der Waals surface area contributed by atoms with Crippen molar-refractivity contribution < 1.29 is 23.8 Å². The van der Waals surface area contributed by atoms with Crippen LogP contribution in [-0.4, -0.2) is 39.2 Å². The number of hydrogen-bond acceptors (Lipinski definition) is 5. The Balaban J connectivity index is 1.77. The highest BCUT2D eigenvalue weighted by atomic mass is 35.5. The third-order valence-corrected chi connectivity index (χ3v) is 3.85. The molecule has 26 heavy (non-hydrogen) atoms. The van der Waals surface area contributed by atoms with E-state index >= 15 is 0 Å². The van der Waals surface area contributed by atoms with Crippen LogP contribution in [0.3, 0.4) is 0 Å². The van der Waals surface area contributed by atoms with Crippen LogP contribution in [0.4, 0.5) is 0 Å². The predicted octanol–water partition coefficient (Wildman–Crippen LogP) is 2.87. The van der Waals surface area contributed by atoms with Gasteiger partial charge in [0.15, 0.2) is 18.1 Å². The van der Waals surface area contributed by atoms with Gasteiger partial charge in [0.2, 0.25) is 0 Å². The molecule has 1 N–H and O–H groups in total. The highest BCUT2D eigenvalue weighted by molar-refractivity contribution is 6.30. The topological polar surface area (TPSA) is 73.9 Å². The summed E-state index contributed by atoms with van der Waals surface area (Å²) in [6, 6.07) is 12.0. The zero-order chi connectivity index (χ0) is 18.9. The Kier molecular flexibility index (Phi) is 7.29. The van der Waals surface area contributed by atoms with Gasteiger partial charge in [-0.3, -0.25) is 4.79 Å². The van der Waals surface area contributed by atoms with Gasteiger partial charge in [0.05, 0.1) is 19.8 Å². The van der Waals surface area contributed by atoms with Crippen molar-refractivity contribution >= 4 is 23.5 Å². The molecule has 2 aromatic rings. The molecule has 0 atom stereocenters. The van der Waals surface area contributed by atoms with Gasteiger partial charge in [-0.1, -0.05) is 23.7 Å². The largest absolute Gasteiger partial charge is 0.493 e. The number of carbonyl (C=O) groups is 2. The van der Waals surface area contributed by atoms with Gasteiger partial charge in [0.25, 0.3) is 5.91 Å². The Morgan fingerprint density at radius 2 is 1.69 bits per heavy atom. The smallest absolute Gasteiger partial charge is 0.338 e. The molecule has 0 fully saturated rings. The van der Waals surface area contributed by atoms with E-state index in [1.54, 1.807) is 24.3 Å². The van der Waals surface area contributed by atoms with Gasteiger partial charge < -0.3 is 19.5 Å². The molecule has 0 aromatic heterocycles. The van der Waals surface area contributed by atoms with Crippen molar-refractivity contribution in [3.63, 3.8) is 0 Å². The average Bonchev–Trinajstić information content (AvgIpc) is 2.67. The first-order valence-electron chi connectivity index (χ1n) is 7.93. The van der Waals surface area contributed by atoms with Crippen molar-refractivity contribution in [2.24, 2.45) is 0 Å². The molecule has 0 bridgehead atoms. The second-order valence-corrected chi connectivity index (χ2v) is 5.81. The van der Waals surface area contributed by atoms with Crippen LogP contribution in [0.2, 0.25) is 5.02 Å². The fourth-order valence-electron chi connectivity index (χ4n) is 2.23. The molecule has 138 valence electrons. The molecule has 0 aliphatic rings. The number of amides is 1. The monoisotopic (exact) mass is 377 g/mol. The van der Waals surface area contributed by atoms with E-state index in [9.17, 15) is 9.59 Å². The number of nitrogens with one attached hydrogen (secondary N) is 1. The van der Waals surface area contributed by atoms with E-state index in [2.05, 4.69) is 5.32 Å². The molecule has 0 aliphatic carbocycles. The highest BCUT2D eigenvalue weighted by Gasteiger charge is 2.13. The van der Waals surface area contributed by atoms with E-state index in [0.29, 0.717) is 29.5 Å². The zero-order valence-electron chi connectivity index (χ0n) is 14.6. The van der Waals surface area contributed by atoms with Crippen molar-refractivity contribution in [1.82, 2.24) is 5.32 Å². The number of methoxy groups -OCH3 is 2. The lowest BCUT2D eigenvalue weighted by atomic mass is 10.1. The first kappa shape index (κ1) is 19.6. The highest BCUT2D eigenvalue weighted by Crippen LogP contribution is 2.27. The number of hydrogen-bond donors (Lipinski definition) is 1. The molecule has 0 saturated carbocycles. The summed E-state index contributed by atoms with van der Waals surface area (Å²) < 4.78 is 15.3. The molecule has 7 heteroatoms. The maximum atomic E-state index is 12.0. The Labute approximate surface area is 157 Å². The summed E-state index contributed by atoms with van der Waals surface area (Å²) in [6.45, 7) is 0.0855. The standard InChI is InChI=1S/C19H20ClNO5/c1-24-16-8-5-14(11-17(16)25-2)19(23)26-12-18(22)21-10-9-13-3-6-15(20)7-4-13/h3-8,11H,9-10,12H2,1-2H3,(H,21,22). The van der Waals surface area contributed by atoms with Crippen LogP contribution in [0.15, 0.2) is 42.5 Å². The minimum Gasteiger partial charge on any atom is -0.493 e. The number of carbonyl (C=O) groups excluding carboxylic acids is 2. The number of esters is 1. The van der Waals surface area contributed by atoms with Gasteiger partial charge in [-0.2, -0.15) is 0 Å². The molecule has 0 unspecified atom stereocenters. The van der Waals surface area contributed by atoms with Gasteiger partial charge in [-0.25, -0.2) is 4.79 Å². The maximum absolute atomic E-state index is 12.0. The summed E-state index contributed by atoms with van der Waals surface area (Å²) in [5, 5.41) is 3.37. The zero-order valence-corrected chi connectivity index (χ0v) is 15.3. The Hall–Kier alpha value is -2.73. The van der Waals surface area contributed by atoms with Crippen molar-refractivity contribution in [1.29, 1.82) is 0 Å². The molecule has 2 aromatic carbocycles. The fourth-order valence-corrected chi connectivity index (χ4v) is 2.35. The summed E-state index contributed by atoms with van der Waals surface area (Å²) >= 11 is 5.82. The third kappa shape index (κ3) is 5.67. The summed E-state index contributed by atoms with van der Waals surface area (Å²) in [4.78, 5) is 23.8. The van der Waals surface area contributed by atoms with Gasteiger partial charge in [0, 0.05) is 11.6 Å². The lowest BCUT2D eigenvalue weighted by Crippen LogP contribution is -2.30. The van der Waals surface area contributed by atoms with E-state index in [1.807, 2.05) is 12.1 Å². The van der Waals surface area contributed by atoms with Crippen molar-refractivity contribution in [2.45, 2.75) is 6.42 Å². The van der Waals surface area contributed by atoms with Gasteiger partial charge in [0.1, 0.15) is 0 Å². The minimum atomic E-state index is -0.612. The van der Waals surface area contributed by atoms with Gasteiger partial charge >= 0.3 is 5.97 Å². The second kappa shape index (κ2) is 9.68. The van der Waals surface area contributed by atoms with Crippen LogP contribution in [0, 0.1) is 0 Å². The van der Waals surface area contributed by atoms with Crippen LogP contribution in [0.5, 0.6) is 11.5 Å². The normalized spacial score (nSPS) is 10.1. The van der Waals surface area contributed by atoms with Crippen LogP contribution in [0.1, 0.15) is 15.9 Å². The second-order valence-electron chi connectivity index (χ2n) is 5.37. The van der Waals surface area contributed by atoms with Crippen LogP contribution in [-0.2, 0) is 16.0 Å². The summed E-state index contributed by atoms with van der Waals surface area (Å²) in [6.07, 6.45) is 0.659. The molecular weight excluding hydrogens is 358 g/mol. The van der Waals surface area contributed by atoms with Crippen molar-refractivity contribution in [3.8, 4) is 11.5 Å².